The molecule has 0 bridgehead atoms. The summed E-state index contributed by atoms with van der Waals surface area (Å²) < 4.78 is 0. The molecule has 2 atom stereocenters. The van der Waals surface area contributed by atoms with Gasteiger partial charge in [-0.2, -0.15) is 0 Å². The van der Waals surface area contributed by atoms with Crippen molar-refractivity contribution in [3.8, 4) is 0 Å². The summed E-state index contributed by atoms with van der Waals surface area (Å²) >= 11 is 0. The maximum absolute atomic E-state index is 13.2. The molecule has 6 heteroatoms. The van der Waals surface area contributed by atoms with Crippen molar-refractivity contribution in [2.75, 3.05) is 0 Å². The number of carbonyl (C=O) groups excluding carboxylic acids is 3. The molecular weight excluding hydrogens is 402 g/mol. The van der Waals surface area contributed by atoms with Crippen molar-refractivity contribution in [1.29, 1.82) is 0 Å². The smallest absolute Gasteiger partial charge is 0.268 e. The molecule has 0 saturated heterocycles. The van der Waals surface area contributed by atoms with E-state index in [2.05, 4.69) is 36.4 Å². The standard InChI is InChI=1S/C26H35N3O3/c1-6-7-13-19(24(31)27-17(3)18-11-9-8-10-12-18)29-25(32)23-16(2)22-20(28-23)14-26(4,5)15-21(22)30/h8-12,17,19,28H,6-7,13-15H2,1-5H3,(H,27,31)(H,29,32). The van der Waals surface area contributed by atoms with Gasteiger partial charge in [0.15, 0.2) is 5.78 Å². The number of nitrogens with one attached hydrogen (secondary N) is 3. The van der Waals surface area contributed by atoms with E-state index in [1.807, 2.05) is 37.3 Å². The van der Waals surface area contributed by atoms with Crippen molar-refractivity contribution in [3.05, 3.63) is 58.4 Å². The van der Waals surface area contributed by atoms with Crippen LogP contribution in [0.2, 0.25) is 0 Å². The lowest BCUT2D eigenvalue weighted by molar-refractivity contribution is -0.123. The summed E-state index contributed by atoms with van der Waals surface area (Å²) in [5, 5.41) is 5.94. The maximum Gasteiger partial charge on any atom is 0.268 e. The molecule has 3 N–H and O–H groups in total. The molecule has 1 aliphatic carbocycles. The highest BCUT2D eigenvalue weighted by molar-refractivity contribution is 6.05. The van der Waals surface area contributed by atoms with Crippen molar-refractivity contribution in [3.63, 3.8) is 0 Å². The normalized spacial score (nSPS) is 16.7. The van der Waals surface area contributed by atoms with Crippen molar-refractivity contribution >= 4 is 17.6 Å². The third kappa shape index (κ3) is 5.29. The Kier molecular flexibility index (Phi) is 7.22. The van der Waals surface area contributed by atoms with Crippen LogP contribution in [0.15, 0.2) is 30.3 Å². The molecular formula is C26H35N3O3. The molecule has 172 valence electrons. The number of aromatic nitrogens is 1. The third-order valence-corrected chi connectivity index (χ3v) is 6.25. The second kappa shape index (κ2) is 9.72. The Balaban J connectivity index is 1.77. The van der Waals surface area contributed by atoms with Crippen molar-refractivity contribution < 1.29 is 14.4 Å². The quantitative estimate of drug-likeness (QED) is 0.562. The highest BCUT2D eigenvalue weighted by atomic mass is 16.2. The molecule has 3 rings (SSSR count). The van der Waals surface area contributed by atoms with Gasteiger partial charge in [0.1, 0.15) is 11.7 Å². The summed E-state index contributed by atoms with van der Waals surface area (Å²) in [4.78, 5) is 42.0. The van der Waals surface area contributed by atoms with Gasteiger partial charge in [0.2, 0.25) is 5.91 Å². The Labute approximate surface area is 190 Å². The number of carbonyl (C=O) groups is 3. The Morgan fingerprint density at radius 2 is 1.81 bits per heavy atom. The van der Waals surface area contributed by atoms with Crippen LogP contribution in [0, 0.1) is 12.3 Å². The maximum atomic E-state index is 13.2. The van der Waals surface area contributed by atoms with E-state index in [0.717, 1.165) is 30.5 Å². The molecule has 2 unspecified atom stereocenters. The predicted molar refractivity (Wildman–Crippen MR) is 126 cm³/mol. The average Bonchev–Trinajstić information content (AvgIpc) is 3.06. The van der Waals surface area contributed by atoms with Crippen LogP contribution in [0.25, 0.3) is 0 Å². The molecule has 2 amide bonds. The number of H-pyrrole nitrogens is 1. The van der Waals surface area contributed by atoms with Crippen LogP contribution in [0.4, 0.5) is 0 Å². The molecule has 0 fully saturated rings. The Morgan fingerprint density at radius 3 is 2.47 bits per heavy atom. The minimum absolute atomic E-state index is 0.0704. The fourth-order valence-electron chi connectivity index (χ4n) is 4.51. The Bertz CT molecular complexity index is 991. The fraction of sp³-hybridized carbons (Fsp3) is 0.500. The van der Waals surface area contributed by atoms with Gasteiger partial charge in [-0.05, 0) is 43.2 Å². The topological polar surface area (TPSA) is 91.1 Å². The first-order valence-electron chi connectivity index (χ1n) is 11.5. The van der Waals surface area contributed by atoms with Crippen molar-refractivity contribution in [1.82, 2.24) is 15.6 Å². The minimum atomic E-state index is -0.638. The van der Waals surface area contributed by atoms with Gasteiger partial charge >= 0.3 is 0 Å². The number of unbranched alkanes of at least 4 members (excludes halogenated alkanes) is 1. The van der Waals surface area contributed by atoms with Gasteiger partial charge < -0.3 is 15.6 Å². The number of rotatable bonds is 8. The van der Waals surface area contributed by atoms with Gasteiger partial charge in [0.25, 0.3) is 5.91 Å². The first-order valence-corrected chi connectivity index (χ1v) is 11.5. The van der Waals surface area contributed by atoms with Gasteiger partial charge in [0, 0.05) is 17.7 Å². The monoisotopic (exact) mass is 437 g/mol. The summed E-state index contributed by atoms with van der Waals surface area (Å²) in [7, 11) is 0. The zero-order chi connectivity index (χ0) is 23.5. The van der Waals surface area contributed by atoms with E-state index < -0.39 is 6.04 Å². The van der Waals surface area contributed by atoms with E-state index in [0.29, 0.717) is 29.7 Å². The molecule has 6 nitrogen and oxygen atoms in total. The summed E-state index contributed by atoms with van der Waals surface area (Å²) in [5.41, 5.74) is 3.39. The number of benzene rings is 1. The average molecular weight is 438 g/mol. The van der Waals surface area contributed by atoms with Gasteiger partial charge in [-0.1, -0.05) is 63.9 Å². The van der Waals surface area contributed by atoms with Crippen molar-refractivity contribution in [2.24, 2.45) is 5.41 Å². The van der Waals surface area contributed by atoms with Crippen molar-refractivity contribution in [2.45, 2.75) is 78.8 Å². The minimum Gasteiger partial charge on any atom is -0.354 e. The Hall–Kier alpha value is -2.89. The second-order valence-corrected chi connectivity index (χ2v) is 9.73. The SMILES string of the molecule is CCCCC(NC(=O)c1[nH]c2c(c1C)C(=O)CC(C)(C)C2)C(=O)NC(C)c1ccccc1. The number of hydrogen-bond donors (Lipinski definition) is 3. The molecule has 1 aromatic heterocycles. The van der Waals surface area contributed by atoms with E-state index in [1.54, 1.807) is 6.92 Å². The lowest BCUT2D eigenvalue weighted by atomic mass is 9.75. The van der Waals surface area contributed by atoms with Gasteiger partial charge in [-0.15, -0.1) is 0 Å². The van der Waals surface area contributed by atoms with Crippen LogP contribution in [0.5, 0.6) is 0 Å². The number of ketones is 1. The summed E-state index contributed by atoms with van der Waals surface area (Å²) in [6, 6.07) is 8.95. The summed E-state index contributed by atoms with van der Waals surface area (Å²) in [5.74, 6) is -0.471. The predicted octanol–water partition coefficient (Wildman–Crippen LogP) is 4.64. The molecule has 1 aliphatic rings. The van der Waals surface area contributed by atoms with Crippen LogP contribution in [0.1, 0.15) is 97.1 Å². The lowest BCUT2D eigenvalue weighted by Crippen LogP contribution is -2.47. The second-order valence-electron chi connectivity index (χ2n) is 9.73. The molecule has 0 saturated carbocycles. The number of amides is 2. The fourth-order valence-corrected chi connectivity index (χ4v) is 4.51. The first-order chi connectivity index (χ1) is 15.1. The molecule has 1 aromatic carbocycles. The zero-order valence-corrected chi connectivity index (χ0v) is 19.8. The molecule has 2 aromatic rings. The van der Waals surface area contributed by atoms with E-state index in [-0.39, 0.29) is 29.1 Å². The molecule has 0 spiro atoms. The van der Waals surface area contributed by atoms with E-state index in [1.165, 1.54) is 0 Å². The largest absolute Gasteiger partial charge is 0.354 e. The van der Waals surface area contributed by atoms with Crippen LogP contribution in [-0.4, -0.2) is 28.6 Å². The Morgan fingerprint density at radius 1 is 1.12 bits per heavy atom. The van der Waals surface area contributed by atoms with E-state index in [4.69, 9.17) is 0 Å². The molecule has 0 radical (unpaired) electrons. The highest BCUT2D eigenvalue weighted by Gasteiger charge is 2.35. The number of Topliss-reactive ketones (excluding diaryl/α,β-unsaturated/α-hetero) is 1. The number of aromatic amines is 1. The van der Waals surface area contributed by atoms with Crippen LogP contribution < -0.4 is 10.6 Å². The van der Waals surface area contributed by atoms with Crippen LogP contribution in [-0.2, 0) is 11.2 Å². The molecule has 1 heterocycles. The lowest BCUT2D eigenvalue weighted by Gasteiger charge is -2.28. The van der Waals surface area contributed by atoms with Crippen LogP contribution >= 0.6 is 0 Å². The van der Waals surface area contributed by atoms with E-state index >= 15 is 0 Å². The third-order valence-electron chi connectivity index (χ3n) is 6.25. The van der Waals surface area contributed by atoms with Gasteiger partial charge in [0.05, 0.1) is 6.04 Å². The molecule has 32 heavy (non-hydrogen) atoms. The van der Waals surface area contributed by atoms with Gasteiger partial charge in [-0.25, -0.2) is 0 Å². The number of fused-ring (bicyclic) bond motifs is 1. The van der Waals surface area contributed by atoms with E-state index in [9.17, 15) is 14.4 Å². The van der Waals surface area contributed by atoms with Crippen LogP contribution in [0.3, 0.4) is 0 Å². The first kappa shape index (κ1) is 23.8. The highest BCUT2D eigenvalue weighted by Crippen LogP contribution is 2.36. The number of hydrogen-bond acceptors (Lipinski definition) is 3. The molecule has 0 aliphatic heterocycles. The summed E-state index contributed by atoms with van der Waals surface area (Å²) in [6.07, 6.45) is 3.49. The zero-order valence-electron chi connectivity index (χ0n) is 19.8. The summed E-state index contributed by atoms with van der Waals surface area (Å²) in [6.45, 7) is 9.91. The van der Waals surface area contributed by atoms with Gasteiger partial charge in [-0.3, -0.25) is 14.4 Å².